The lowest BCUT2D eigenvalue weighted by molar-refractivity contribution is 0.990. The maximum Gasteiger partial charge on any atom is 0.177 e. The van der Waals surface area contributed by atoms with Crippen LogP contribution < -0.4 is 0 Å². The van der Waals surface area contributed by atoms with Crippen molar-refractivity contribution in [2.75, 3.05) is 0 Å². The van der Waals surface area contributed by atoms with Gasteiger partial charge in [0.2, 0.25) is 0 Å². The quantitative estimate of drug-likeness (QED) is 0.658. The fourth-order valence-electron chi connectivity index (χ4n) is 1.99. The van der Waals surface area contributed by atoms with E-state index in [-0.39, 0.29) is 11.4 Å². The summed E-state index contributed by atoms with van der Waals surface area (Å²) in [6.45, 7) is 0. The Morgan fingerprint density at radius 1 is 1.00 bits per heavy atom. The molecule has 3 aromatic rings. The Bertz CT molecular complexity index is 843. The average molecular weight is 245 g/mol. The van der Waals surface area contributed by atoms with Gasteiger partial charge in [0.25, 0.3) is 0 Å². The van der Waals surface area contributed by atoms with Crippen molar-refractivity contribution in [2.45, 2.75) is 0 Å². The summed E-state index contributed by atoms with van der Waals surface area (Å²) >= 11 is 0. The first kappa shape index (κ1) is 10.9. The molecule has 5 heteroatoms. The Hall–Kier alpha value is -3.18. The number of fused-ring (bicyclic) bond motifs is 1. The zero-order valence-electron chi connectivity index (χ0n) is 9.78. The van der Waals surface area contributed by atoms with E-state index < -0.39 is 0 Å². The lowest BCUT2D eigenvalue weighted by Gasteiger charge is -2.06. The van der Waals surface area contributed by atoms with Gasteiger partial charge in [0.05, 0.1) is 0 Å². The molecule has 1 aromatic carbocycles. The topological polar surface area (TPSA) is 78.3 Å². The zero-order valence-corrected chi connectivity index (χ0v) is 9.78. The third-order valence-electron chi connectivity index (χ3n) is 2.86. The van der Waals surface area contributed by atoms with Crippen LogP contribution in [0.3, 0.4) is 0 Å². The number of aromatic nitrogens is 3. The van der Waals surface area contributed by atoms with Crippen LogP contribution in [0.5, 0.6) is 0 Å². The molecule has 0 aliphatic rings. The molecular formula is C14H7N5. The Kier molecular flexibility index (Phi) is 2.45. The highest BCUT2D eigenvalue weighted by atomic mass is 15.1. The summed E-state index contributed by atoms with van der Waals surface area (Å²) in [6, 6.07) is 13.5. The van der Waals surface area contributed by atoms with Gasteiger partial charge in [0, 0.05) is 11.6 Å². The van der Waals surface area contributed by atoms with E-state index in [1.807, 2.05) is 42.5 Å². The minimum absolute atomic E-state index is 0.109. The van der Waals surface area contributed by atoms with Gasteiger partial charge < -0.3 is 0 Å². The Balaban J connectivity index is 2.35. The molecule has 0 aliphatic carbocycles. The number of nitrogens with zero attached hydrogens (tertiary/aromatic N) is 5. The van der Waals surface area contributed by atoms with Gasteiger partial charge in [-0.05, 0) is 11.5 Å². The van der Waals surface area contributed by atoms with Crippen LogP contribution in [0.25, 0.3) is 16.6 Å². The van der Waals surface area contributed by atoms with Crippen molar-refractivity contribution in [1.29, 1.82) is 10.5 Å². The fourth-order valence-corrected chi connectivity index (χ4v) is 1.99. The molecule has 2 aromatic heterocycles. The molecule has 0 N–H and O–H groups in total. The van der Waals surface area contributed by atoms with Crippen LogP contribution in [0, 0.1) is 22.7 Å². The monoisotopic (exact) mass is 245 g/mol. The Morgan fingerprint density at radius 3 is 2.63 bits per heavy atom. The average Bonchev–Trinajstić information content (AvgIpc) is 2.89. The first-order valence-corrected chi connectivity index (χ1v) is 5.57. The first-order valence-electron chi connectivity index (χ1n) is 5.57. The summed E-state index contributed by atoms with van der Waals surface area (Å²) in [6.07, 6.45) is 3.12. The van der Waals surface area contributed by atoms with Gasteiger partial charge in [-0.3, -0.25) is 4.57 Å². The molecular weight excluding hydrogens is 238 g/mol. The van der Waals surface area contributed by atoms with Gasteiger partial charge >= 0.3 is 0 Å². The fraction of sp³-hybridized carbons (Fsp3) is 0. The third-order valence-corrected chi connectivity index (χ3v) is 2.86. The largest absolute Gasteiger partial charge is 0.272 e. The van der Waals surface area contributed by atoms with Crippen molar-refractivity contribution in [3.63, 3.8) is 0 Å². The van der Waals surface area contributed by atoms with E-state index in [1.54, 1.807) is 10.8 Å². The Labute approximate surface area is 109 Å². The molecule has 0 fully saturated rings. The Morgan fingerprint density at radius 2 is 1.84 bits per heavy atom. The van der Waals surface area contributed by atoms with E-state index in [9.17, 15) is 0 Å². The summed E-state index contributed by atoms with van der Waals surface area (Å²) in [7, 11) is 0. The predicted octanol–water partition coefficient (Wildman–Crippen LogP) is 2.16. The summed E-state index contributed by atoms with van der Waals surface area (Å²) in [4.78, 5) is 8.22. The molecule has 0 saturated heterocycles. The van der Waals surface area contributed by atoms with Gasteiger partial charge in [-0.2, -0.15) is 10.5 Å². The minimum Gasteiger partial charge on any atom is -0.272 e. The van der Waals surface area contributed by atoms with E-state index in [0.717, 1.165) is 10.8 Å². The number of pyridine rings is 1. The number of rotatable bonds is 1. The number of benzene rings is 1. The second-order valence-corrected chi connectivity index (χ2v) is 3.89. The molecule has 0 atom stereocenters. The van der Waals surface area contributed by atoms with Crippen LogP contribution in [-0.2, 0) is 0 Å². The zero-order chi connectivity index (χ0) is 13.2. The molecule has 0 saturated carbocycles. The normalized spacial score (nSPS) is 10.0. The van der Waals surface area contributed by atoms with Crippen molar-refractivity contribution in [3.8, 4) is 18.0 Å². The lowest BCUT2D eigenvalue weighted by atomic mass is 10.1. The lowest BCUT2D eigenvalue weighted by Crippen LogP contribution is -2.00. The molecule has 88 valence electrons. The van der Waals surface area contributed by atoms with Crippen molar-refractivity contribution >= 4 is 10.8 Å². The molecule has 19 heavy (non-hydrogen) atoms. The van der Waals surface area contributed by atoms with Crippen LogP contribution in [0.4, 0.5) is 0 Å². The van der Waals surface area contributed by atoms with Gasteiger partial charge in [-0.1, -0.05) is 24.3 Å². The summed E-state index contributed by atoms with van der Waals surface area (Å²) in [5.41, 5.74) is 0.309. The standard InChI is InChI=1S/C14H7N5/c15-7-12-13(8-16)19(9-18-12)14-11-4-2-1-3-10(11)5-6-17-14/h1-6,9H. The summed E-state index contributed by atoms with van der Waals surface area (Å²) in [5.74, 6) is 0.601. The SMILES string of the molecule is N#Cc1ncn(-c2nccc3ccccc23)c1C#N. The highest BCUT2D eigenvalue weighted by Gasteiger charge is 2.14. The third kappa shape index (κ3) is 1.62. The molecule has 0 radical (unpaired) electrons. The van der Waals surface area contributed by atoms with E-state index in [1.165, 1.54) is 6.33 Å². The molecule has 5 nitrogen and oxygen atoms in total. The van der Waals surface area contributed by atoms with Crippen molar-refractivity contribution in [1.82, 2.24) is 14.5 Å². The van der Waals surface area contributed by atoms with Crippen LogP contribution in [0.15, 0.2) is 42.9 Å². The highest BCUT2D eigenvalue weighted by Crippen LogP contribution is 2.21. The summed E-state index contributed by atoms with van der Waals surface area (Å²) in [5, 5.41) is 20.0. The number of imidazole rings is 1. The van der Waals surface area contributed by atoms with Crippen molar-refractivity contribution in [3.05, 3.63) is 54.2 Å². The number of hydrogen-bond donors (Lipinski definition) is 0. The predicted molar refractivity (Wildman–Crippen MR) is 68.3 cm³/mol. The molecule has 0 unspecified atom stereocenters. The molecule has 0 spiro atoms. The summed E-state index contributed by atoms with van der Waals surface area (Å²) < 4.78 is 1.54. The molecule has 0 aliphatic heterocycles. The van der Waals surface area contributed by atoms with Gasteiger partial charge in [-0.15, -0.1) is 0 Å². The van der Waals surface area contributed by atoms with Crippen LogP contribution in [0.2, 0.25) is 0 Å². The van der Waals surface area contributed by atoms with Crippen molar-refractivity contribution < 1.29 is 0 Å². The smallest absolute Gasteiger partial charge is 0.177 e. The second kappa shape index (κ2) is 4.25. The second-order valence-electron chi connectivity index (χ2n) is 3.89. The maximum atomic E-state index is 9.16. The molecule has 0 amide bonds. The number of nitriles is 2. The highest BCUT2D eigenvalue weighted by molar-refractivity contribution is 5.88. The maximum absolute atomic E-state index is 9.16. The van der Waals surface area contributed by atoms with Crippen LogP contribution >= 0.6 is 0 Å². The van der Waals surface area contributed by atoms with Gasteiger partial charge in [0.15, 0.2) is 11.4 Å². The van der Waals surface area contributed by atoms with Gasteiger partial charge in [-0.25, -0.2) is 9.97 Å². The van der Waals surface area contributed by atoms with E-state index in [0.29, 0.717) is 5.82 Å². The van der Waals surface area contributed by atoms with Gasteiger partial charge in [0.1, 0.15) is 24.3 Å². The molecule has 0 bridgehead atoms. The van der Waals surface area contributed by atoms with Crippen LogP contribution in [0.1, 0.15) is 11.4 Å². The molecule has 2 heterocycles. The molecule has 3 rings (SSSR count). The first-order chi connectivity index (χ1) is 9.35. The van der Waals surface area contributed by atoms with Crippen LogP contribution in [-0.4, -0.2) is 14.5 Å². The van der Waals surface area contributed by atoms with E-state index in [2.05, 4.69) is 9.97 Å². The van der Waals surface area contributed by atoms with E-state index in [4.69, 9.17) is 10.5 Å². The minimum atomic E-state index is 0.109. The van der Waals surface area contributed by atoms with E-state index >= 15 is 0 Å². The van der Waals surface area contributed by atoms with Crippen molar-refractivity contribution in [2.24, 2.45) is 0 Å². The number of hydrogen-bond acceptors (Lipinski definition) is 4.